The number of aliphatic hydroxyl groups excluding tert-OH is 1. The zero-order chi connectivity index (χ0) is 13.0. The Morgan fingerprint density at radius 1 is 1.50 bits per heavy atom. The molecule has 98 valence electrons. The summed E-state index contributed by atoms with van der Waals surface area (Å²) in [4.78, 5) is 17.2. The van der Waals surface area contributed by atoms with Crippen LogP contribution in [0.2, 0.25) is 0 Å². The van der Waals surface area contributed by atoms with Gasteiger partial charge in [0.1, 0.15) is 12.1 Å². The van der Waals surface area contributed by atoms with Gasteiger partial charge in [-0.2, -0.15) is 5.06 Å². The molecule has 0 bridgehead atoms. The number of nitrogens with zero attached hydrogens (tertiary/aromatic N) is 1. The zero-order valence-electron chi connectivity index (χ0n) is 10.3. The van der Waals surface area contributed by atoms with E-state index < -0.39 is 6.04 Å². The van der Waals surface area contributed by atoms with E-state index in [4.69, 9.17) is 14.7 Å². The topological polar surface area (TPSA) is 59.0 Å². The van der Waals surface area contributed by atoms with Crippen molar-refractivity contribution in [3.63, 3.8) is 0 Å². The van der Waals surface area contributed by atoms with Gasteiger partial charge in [-0.25, -0.2) is 0 Å². The fourth-order valence-corrected chi connectivity index (χ4v) is 2.04. The van der Waals surface area contributed by atoms with Crippen LogP contribution in [0, 0.1) is 0 Å². The van der Waals surface area contributed by atoms with Crippen LogP contribution in [0.4, 0.5) is 0 Å². The van der Waals surface area contributed by atoms with Crippen molar-refractivity contribution >= 4 is 5.97 Å². The molecule has 0 amide bonds. The number of carbonyl (C=O) groups is 1. The maximum atomic E-state index is 11.7. The molecular weight excluding hydrogens is 234 g/mol. The molecule has 2 rings (SSSR count). The average molecular weight is 251 g/mol. The van der Waals surface area contributed by atoms with Gasteiger partial charge in [-0.3, -0.25) is 9.63 Å². The first-order chi connectivity index (χ1) is 8.74. The number of aliphatic hydroxyl groups is 1. The Morgan fingerprint density at radius 3 is 2.83 bits per heavy atom. The molecule has 1 heterocycles. The third kappa shape index (κ3) is 2.87. The predicted molar refractivity (Wildman–Crippen MR) is 64.4 cm³/mol. The van der Waals surface area contributed by atoms with Crippen molar-refractivity contribution in [3.8, 4) is 0 Å². The lowest BCUT2D eigenvalue weighted by molar-refractivity contribution is -0.189. The lowest BCUT2D eigenvalue weighted by Crippen LogP contribution is -2.35. The molecule has 1 aliphatic rings. The number of benzene rings is 1. The number of carbonyl (C=O) groups excluding carboxylic acids is 1. The Kier molecular flexibility index (Phi) is 4.30. The summed E-state index contributed by atoms with van der Waals surface area (Å²) < 4.78 is 4.75. The van der Waals surface area contributed by atoms with Gasteiger partial charge in [0.05, 0.1) is 20.3 Å². The average Bonchev–Trinajstić information content (AvgIpc) is 2.82. The van der Waals surface area contributed by atoms with Gasteiger partial charge in [0.2, 0.25) is 0 Å². The molecule has 2 atom stereocenters. The number of hydroxylamine groups is 2. The second-order valence-corrected chi connectivity index (χ2v) is 4.25. The van der Waals surface area contributed by atoms with E-state index in [0.29, 0.717) is 13.0 Å². The second kappa shape index (κ2) is 5.95. The summed E-state index contributed by atoms with van der Waals surface area (Å²) in [6, 6.07) is 9.27. The van der Waals surface area contributed by atoms with Crippen molar-refractivity contribution in [2.24, 2.45) is 0 Å². The Labute approximate surface area is 106 Å². The van der Waals surface area contributed by atoms with Crippen LogP contribution in [0.3, 0.4) is 0 Å². The summed E-state index contributed by atoms with van der Waals surface area (Å²) in [6.07, 6.45) is 0.119. The van der Waals surface area contributed by atoms with Crippen LogP contribution in [0.25, 0.3) is 0 Å². The summed E-state index contributed by atoms with van der Waals surface area (Å²) >= 11 is 0. The first kappa shape index (κ1) is 13.0. The van der Waals surface area contributed by atoms with E-state index in [1.807, 2.05) is 30.3 Å². The molecule has 1 aromatic rings. The van der Waals surface area contributed by atoms with Gasteiger partial charge in [-0.15, -0.1) is 0 Å². The molecule has 0 radical (unpaired) electrons. The molecule has 18 heavy (non-hydrogen) atoms. The highest BCUT2D eigenvalue weighted by atomic mass is 16.7. The van der Waals surface area contributed by atoms with Crippen molar-refractivity contribution < 1.29 is 19.5 Å². The van der Waals surface area contributed by atoms with Crippen LogP contribution in [-0.4, -0.2) is 42.0 Å². The van der Waals surface area contributed by atoms with Crippen molar-refractivity contribution in [2.45, 2.75) is 25.1 Å². The molecule has 1 saturated heterocycles. The molecule has 1 aromatic carbocycles. The number of esters is 1. The van der Waals surface area contributed by atoms with Crippen molar-refractivity contribution in [1.29, 1.82) is 0 Å². The molecule has 1 N–H and O–H groups in total. The molecular formula is C13H17NO4. The number of hydrogen-bond donors (Lipinski definition) is 1. The summed E-state index contributed by atoms with van der Waals surface area (Å²) in [5.41, 5.74) is 1.05. The minimum atomic E-state index is -0.452. The van der Waals surface area contributed by atoms with Crippen LogP contribution < -0.4 is 0 Å². The van der Waals surface area contributed by atoms with Crippen molar-refractivity contribution in [2.75, 3.05) is 13.7 Å². The fraction of sp³-hybridized carbons (Fsp3) is 0.462. The Balaban J connectivity index is 2.07. The third-order valence-corrected chi connectivity index (χ3v) is 2.98. The molecule has 0 spiro atoms. The number of hydrogen-bond acceptors (Lipinski definition) is 5. The second-order valence-electron chi connectivity index (χ2n) is 4.25. The minimum Gasteiger partial charge on any atom is -0.468 e. The first-order valence-electron chi connectivity index (χ1n) is 5.90. The highest BCUT2D eigenvalue weighted by molar-refractivity contribution is 5.75. The van der Waals surface area contributed by atoms with Crippen LogP contribution in [0.15, 0.2) is 30.3 Å². The van der Waals surface area contributed by atoms with Crippen molar-refractivity contribution in [1.82, 2.24) is 5.06 Å². The van der Waals surface area contributed by atoms with Gasteiger partial charge in [0, 0.05) is 6.42 Å². The highest BCUT2D eigenvalue weighted by Gasteiger charge is 2.38. The molecule has 1 fully saturated rings. The van der Waals surface area contributed by atoms with Gasteiger partial charge >= 0.3 is 5.97 Å². The smallest absolute Gasteiger partial charge is 0.325 e. The van der Waals surface area contributed by atoms with Gasteiger partial charge in [0.25, 0.3) is 0 Å². The standard InChI is InChI=1S/C13H17NO4/c1-17-13(16)12-7-11(9-15)18-14(12)8-10-5-3-2-4-6-10/h2-6,11-12,15H,7-9H2,1H3/t11-,12-/m0/s1. The molecule has 1 aliphatic heterocycles. The molecule has 0 aromatic heterocycles. The fourth-order valence-electron chi connectivity index (χ4n) is 2.04. The van der Waals surface area contributed by atoms with Crippen LogP contribution in [0.5, 0.6) is 0 Å². The van der Waals surface area contributed by atoms with Gasteiger partial charge < -0.3 is 9.84 Å². The van der Waals surface area contributed by atoms with E-state index in [2.05, 4.69) is 0 Å². The number of ether oxygens (including phenoxy) is 1. The quantitative estimate of drug-likeness (QED) is 0.799. The maximum Gasteiger partial charge on any atom is 0.325 e. The SMILES string of the molecule is COC(=O)[C@@H]1C[C@@H](CO)ON1Cc1ccccc1. The van der Waals surface area contributed by atoms with E-state index >= 15 is 0 Å². The normalized spacial score (nSPS) is 24.1. The Hall–Kier alpha value is -1.43. The van der Waals surface area contributed by atoms with E-state index in [1.54, 1.807) is 5.06 Å². The first-order valence-corrected chi connectivity index (χ1v) is 5.90. The van der Waals surface area contributed by atoms with Crippen molar-refractivity contribution in [3.05, 3.63) is 35.9 Å². The summed E-state index contributed by atoms with van der Waals surface area (Å²) in [5.74, 6) is -0.332. The van der Waals surface area contributed by atoms with Gasteiger partial charge in [0.15, 0.2) is 0 Å². The van der Waals surface area contributed by atoms with Gasteiger partial charge in [-0.05, 0) is 5.56 Å². The number of methoxy groups -OCH3 is 1. The van der Waals surface area contributed by atoms with E-state index in [1.165, 1.54) is 7.11 Å². The van der Waals surface area contributed by atoms with Crippen LogP contribution in [-0.2, 0) is 20.9 Å². The molecule has 0 unspecified atom stereocenters. The lowest BCUT2D eigenvalue weighted by Gasteiger charge is -2.20. The summed E-state index contributed by atoms with van der Waals surface area (Å²) in [5, 5.41) is 10.7. The van der Waals surface area contributed by atoms with E-state index in [-0.39, 0.29) is 18.7 Å². The van der Waals surface area contributed by atoms with Crippen LogP contribution >= 0.6 is 0 Å². The highest BCUT2D eigenvalue weighted by Crippen LogP contribution is 2.24. The Morgan fingerprint density at radius 2 is 2.22 bits per heavy atom. The summed E-state index contributed by atoms with van der Waals surface area (Å²) in [7, 11) is 1.36. The van der Waals surface area contributed by atoms with Gasteiger partial charge in [-0.1, -0.05) is 30.3 Å². The minimum absolute atomic E-state index is 0.0984. The molecule has 0 saturated carbocycles. The maximum absolute atomic E-state index is 11.7. The summed E-state index contributed by atoms with van der Waals surface area (Å²) in [6.45, 7) is 0.399. The van der Waals surface area contributed by atoms with E-state index in [9.17, 15) is 4.79 Å². The third-order valence-electron chi connectivity index (χ3n) is 2.98. The predicted octanol–water partition coefficient (Wildman–Crippen LogP) is 0.726. The molecule has 5 heteroatoms. The molecule has 0 aliphatic carbocycles. The number of rotatable bonds is 4. The monoisotopic (exact) mass is 251 g/mol. The van der Waals surface area contributed by atoms with E-state index in [0.717, 1.165) is 5.56 Å². The Bertz CT molecular complexity index is 395. The zero-order valence-corrected chi connectivity index (χ0v) is 10.3. The molecule has 5 nitrogen and oxygen atoms in total. The lowest BCUT2D eigenvalue weighted by atomic mass is 10.1. The van der Waals surface area contributed by atoms with Crippen LogP contribution in [0.1, 0.15) is 12.0 Å². The largest absolute Gasteiger partial charge is 0.468 e.